The quantitative estimate of drug-likeness (QED) is 0.698. The number of amides is 1. The van der Waals surface area contributed by atoms with Crippen molar-refractivity contribution in [3.05, 3.63) is 82.3 Å². The molecule has 1 amide bonds. The van der Waals surface area contributed by atoms with Gasteiger partial charge in [-0.05, 0) is 53.8 Å². The fraction of sp³-hybridized carbons (Fsp3) is 0.100. The van der Waals surface area contributed by atoms with Crippen molar-refractivity contribution in [2.45, 2.75) is 12.8 Å². The number of carbonyl (C=O) groups excluding carboxylic acids is 1. The molecule has 0 unspecified atom stereocenters. The van der Waals surface area contributed by atoms with Crippen LogP contribution >= 0.6 is 11.3 Å². The maximum Gasteiger partial charge on any atom is 0.224 e. The average molecular weight is 334 g/mol. The predicted octanol–water partition coefficient (Wildman–Crippen LogP) is 4.88. The van der Waals surface area contributed by atoms with E-state index in [4.69, 9.17) is 0 Å². The lowest BCUT2D eigenvalue weighted by Crippen LogP contribution is -2.12. The molecule has 0 fully saturated rings. The Morgan fingerprint density at radius 2 is 2.04 bits per heavy atom. The summed E-state index contributed by atoms with van der Waals surface area (Å²) < 4.78 is 0. The van der Waals surface area contributed by atoms with Gasteiger partial charge in [0, 0.05) is 23.2 Å². The third kappa shape index (κ3) is 4.89. The Hall–Kier alpha value is -2.72. The third-order valence-electron chi connectivity index (χ3n) is 3.48. The summed E-state index contributed by atoms with van der Waals surface area (Å²) in [5.74, 6) is 0.0363. The van der Waals surface area contributed by atoms with E-state index in [1.807, 2.05) is 66.1 Å². The lowest BCUT2D eigenvalue weighted by Gasteiger charge is -2.05. The fourth-order valence-corrected chi connectivity index (χ4v) is 3.00. The van der Waals surface area contributed by atoms with Gasteiger partial charge in [-0.3, -0.25) is 9.78 Å². The molecular formula is C20H18N2OS. The second kappa shape index (κ2) is 8.22. The third-order valence-corrected chi connectivity index (χ3v) is 4.42. The van der Waals surface area contributed by atoms with Gasteiger partial charge in [-0.15, -0.1) is 11.3 Å². The molecule has 2 heterocycles. The van der Waals surface area contributed by atoms with Gasteiger partial charge in [0.2, 0.25) is 5.91 Å². The Labute approximate surface area is 145 Å². The normalized spacial score (nSPS) is 10.8. The van der Waals surface area contributed by atoms with Gasteiger partial charge in [-0.2, -0.15) is 0 Å². The summed E-state index contributed by atoms with van der Waals surface area (Å²) in [6.45, 7) is 0. The van der Waals surface area contributed by atoms with Crippen molar-refractivity contribution < 1.29 is 4.79 Å². The van der Waals surface area contributed by atoms with E-state index in [0.717, 1.165) is 23.4 Å². The molecular weight excluding hydrogens is 316 g/mol. The summed E-state index contributed by atoms with van der Waals surface area (Å²) >= 11 is 1.68. The molecule has 0 spiro atoms. The number of hydrogen-bond acceptors (Lipinski definition) is 3. The molecule has 24 heavy (non-hydrogen) atoms. The number of benzene rings is 1. The molecule has 0 saturated carbocycles. The van der Waals surface area contributed by atoms with E-state index in [1.165, 1.54) is 4.88 Å². The summed E-state index contributed by atoms with van der Waals surface area (Å²) in [5.41, 5.74) is 2.74. The molecule has 1 N–H and O–H groups in total. The molecule has 0 atom stereocenters. The Balaban J connectivity index is 1.58. The largest absolute Gasteiger partial charge is 0.326 e. The van der Waals surface area contributed by atoms with Crippen molar-refractivity contribution in [1.82, 2.24) is 4.98 Å². The standard InChI is InChI=1S/C20H18N2OS/c23-20(12-11-19-8-4-14-24-19)22-18-7-3-5-16(15-18)9-10-17-6-1-2-13-21-17/h1-10,13-15H,11-12H2,(H,22,23). The van der Waals surface area contributed by atoms with Gasteiger partial charge in [-0.1, -0.05) is 30.3 Å². The van der Waals surface area contributed by atoms with E-state index in [2.05, 4.69) is 16.4 Å². The summed E-state index contributed by atoms with van der Waals surface area (Å²) in [6, 6.07) is 17.7. The molecule has 0 aliphatic carbocycles. The maximum absolute atomic E-state index is 12.1. The van der Waals surface area contributed by atoms with E-state index in [-0.39, 0.29) is 5.91 Å². The van der Waals surface area contributed by atoms with Crippen molar-refractivity contribution >= 4 is 35.1 Å². The minimum Gasteiger partial charge on any atom is -0.326 e. The number of pyridine rings is 1. The van der Waals surface area contributed by atoms with Gasteiger partial charge in [0.05, 0.1) is 5.69 Å². The summed E-state index contributed by atoms with van der Waals surface area (Å²) in [5, 5.41) is 4.99. The van der Waals surface area contributed by atoms with Gasteiger partial charge in [0.25, 0.3) is 0 Å². The first kappa shape index (κ1) is 16.1. The monoisotopic (exact) mass is 334 g/mol. The molecule has 0 bridgehead atoms. The number of rotatable bonds is 6. The molecule has 3 aromatic rings. The maximum atomic E-state index is 12.1. The number of aryl methyl sites for hydroxylation is 1. The number of nitrogens with one attached hydrogen (secondary N) is 1. The lowest BCUT2D eigenvalue weighted by molar-refractivity contribution is -0.116. The highest BCUT2D eigenvalue weighted by Crippen LogP contribution is 2.15. The smallest absolute Gasteiger partial charge is 0.224 e. The van der Waals surface area contributed by atoms with E-state index in [1.54, 1.807) is 17.5 Å². The van der Waals surface area contributed by atoms with Crippen LogP contribution in [0.5, 0.6) is 0 Å². The molecule has 120 valence electrons. The van der Waals surface area contributed by atoms with E-state index < -0.39 is 0 Å². The molecule has 0 aliphatic heterocycles. The number of anilines is 1. The van der Waals surface area contributed by atoms with Crippen molar-refractivity contribution in [3.63, 3.8) is 0 Å². The SMILES string of the molecule is O=C(CCc1cccs1)Nc1cccc(C=Cc2ccccn2)c1. The van der Waals surface area contributed by atoms with Crippen LogP contribution < -0.4 is 5.32 Å². The number of carbonyl (C=O) groups is 1. The Bertz CT molecular complexity index is 811. The van der Waals surface area contributed by atoms with Gasteiger partial charge < -0.3 is 5.32 Å². The second-order valence-corrected chi connectivity index (χ2v) is 6.37. The fourth-order valence-electron chi connectivity index (χ4n) is 2.29. The number of hydrogen-bond donors (Lipinski definition) is 1. The minimum absolute atomic E-state index is 0.0363. The molecule has 0 aliphatic rings. The molecule has 0 saturated heterocycles. The number of thiophene rings is 1. The molecule has 4 heteroatoms. The lowest BCUT2D eigenvalue weighted by atomic mass is 10.1. The van der Waals surface area contributed by atoms with E-state index >= 15 is 0 Å². The number of nitrogens with zero attached hydrogens (tertiary/aromatic N) is 1. The number of aromatic nitrogens is 1. The van der Waals surface area contributed by atoms with Crippen molar-refractivity contribution in [2.75, 3.05) is 5.32 Å². The van der Waals surface area contributed by atoms with Crippen molar-refractivity contribution in [3.8, 4) is 0 Å². The predicted molar refractivity (Wildman–Crippen MR) is 101 cm³/mol. The summed E-state index contributed by atoms with van der Waals surface area (Å²) in [4.78, 5) is 17.6. The first-order valence-electron chi connectivity index (χ1n) is 7.81. The highest BCUT2D eigenvalue weighted by atomic mass is 32.1. The van der Waals surface area contributed by atoms with Gasteiger partial charge in [0.15, 0.2) is 0 Å². The first-order valence-corrected chi connectivity index (χ1v) is 8.69. The molecule has 1 aromatic carbocycles. The highest BCUT2D eigenvalue weighted by molar-refractivity contribution is 7.09. The Kier molecular flexibility index (Phi) is 5.53. The van der Waals surface area contributed by atoms with Gasteiger partial charge in [-0.25, -0.2) is 0 Å². The first-order chi connectivity index (χ1) is 11.8. The highest BCUT2D eigenvalue weighted by Gasteiger charge is 2.04. The van der Waals surface area contributed by atoms with Gasteiger partial charge >= 0.3 is 0 Å². The molecule has 0 radical (unpaired) electrons. The van der Waals surface area contributed by atoms with Crippen LogP contribution in [0, 0.1) is 0 Å². The zero-order valence-corrected chi connectivity index (χ0v) is 14.0. The van der Waals surface area contributed by atoms with Crippen LogP contribution in [0.1, 0.15) is 22.6 Å². The summed E-state index contributed by atoms with van der Waals surface area (Å²) in [7, 11) is 0. The Morgan fingerprint density at radius 3 is 2.83 bits per heavy atom. The summed E-state index contributed by atoms with van der Waals surface area (Å²) in [6.07, 6.45) is 6.99. The van der Waals surface area contributed by atoms with Gasteiger partial charge in [0.1, 0.15) is 0 Å². The molecule has 2 aromatic heterocycles. The minimum atomic E-state index is 0.0363. The van der Waals surface area contributed by atoms with Crippen LogP contribution in [0.25, 0.3) is 12.2 Å². The van der Waals surface area contributed by atoms with Crippen LogP contribution in [-0.2, 0) is 11.2 Å². The average Bonchev–Trinajstić information content (AvgIpc) is 3.13. The van der Waals surface area contributed by atoms with Crippen LogP contribution in [-0.4, -0.2) is 10.9 Å². The van der Waals surface area contributed by atoms with Crippen LogP contribution in [0.3, 0.4) is 0 Å². The molecule has 3 nitrogen and oxygen atoms in total. The Morgan fingerprint density at radius 1 is 1.08 bits per heavy atom. The zero-order valence-electron chi connectivity index (χ0n) is 13.2. The second-order valence-electron chi connectivity index (χ2n) is 5.34. The van der Waals surface area contributed by atoms with Crippen LogP contribution in [0.4, 0.5) is 5.69 Å². The van der Waals surface area contributed by atoms with Crippen molar-refractivity contribution in [1.29, 1.82) is 0 Å². The van der Waals surface area contributed by atoms with E-state index in [0.29, 0.717) is 6.42 Å². The van der Waals surface area contributed by atoms with Crippen molar-refractivity contribution in [2.24, 2.45) is 0 Å². The van der Waals surface area contributed by atoms with Crippen LogP contribution in [0.15, 0.2) is 66.2 Å². The molecule has 3 rings (SSSR count). The van der Waals surface area contributed by atoms with Crippen LogP contribution in [0.2, 0.25) is 0 Å². The topological polar surface area (TPSA) is 42.0 Å². The zero-order chi connectivity index (χ0) is 16.6. The van der Waals surface area contributed by atoms with E-state index in [9.17, 15) is 4.79 Å².